The number of nitrogens with zero attached hydrogens (tertiary/aromatic N) is 2. The predicted octanol–water partition coefficient (Wildman–Crippen LogP) is 2.00. The fourth-order valence-electron chi connectivity index (χ4n) is 5.57. The SMILES string of the molecule is O=C(CCC1NC(=O)N(Cc2ccc3c(c2)OCO3)C1=O)NC[C@@H]1CCCN2CCCC[C@H]12. The zero-order valence-corrected chi connectivity index (χ0v) is 18.9. The Balaban J connectivity index is 1.09. The van der Waals surface area contributed by atoms with Crippen LogP contribution in [0.15, 0.2) is 18.2 Å². The zero-order valence-electron chi connectivity index (χ0n) is 18.9. The Morgan fingerprint density at radius 3 is 2.85 bits per heavy atom. The molecule has 1 aromatic carbocycles. The molecule has 9 nitrogen and oxygen atoms in total. The molecule has 0 spiro atoms. The molecule has 1 aromatic rings. The van der Waals surface area contributed by atoms with Gasteiger partial charge in [-0.3, -0.25) is 14.5 Å². The van der Waals surface area contributed by atoms with Crippen LogP contribution in [0.4, 0.5) is 4.79 Å². The van der Waals surface area contributed by atoms with Gasteiger partial charge in [0.2, 0.25) is 12.7 Å². The first-order valence-corrected chi connectivity index (χ1v) is 12.1. The Labute approximate surface area is 193 Å². The summed E-state index contributed by atoms with van der Waals surface area (Å²) in [4.78, 5) is 41.4. The number of urea groups is 1. The van der Waals surface area contributed by atoms with E-state index in [0.29, 0.717) is 36.4 Å². The molecule has 3 atom stereocenters. The molecule has 3 fully saturated rings. The highest BCUT2D eigenvalue weighted by Crippen LogP contribution is 2.33. The normalized spacial score (nSPS) is 26.8. The third-order valence-corrected chi connectivity index (χ3v) is 7.33. The van der Waals surface area contributed by atoms with Crippen molar-refractivity contribution in [2.45, 2.75) is 63.6 Å². The van der Waals surface area contributed by atoms with E-state index in [4.69, 9.17) is 9.47 Å². The number of piperidine rings is 2. The summed E-state index contributed by atoms with van der Waals surface area (Å²) in [6, 6.07) is 4.86. The van der Waals surface area contributed by atoms with Crippen LogP contribution in [0.5, 0.6) is 11.5 Å². The molecular formula is C24H32N4O5. The van der Waals surface area contributed by atoms with Gasteiger partial charge in [-0.2, -0.15) is 0 Å². The number of nitrogens with one attached hydrogen (secondary N) is 2. The van der Waals surface area contributed by atoms with Gasteiger partial charge in [-0.1, -0.05) is 12.5 Å². The average molecular weight is 457 g/mol. The molecule has 9 heteroatoms. The zero-order chi connectivity index (χ0) is 22.8. The molecule has 0 aromatic heterocycles. The van der Waals surface area contributed by atoms with Gasteiger partial charge in [0.05, 0.1) is 6.54 Å². The summed E-state index contributed by atoms with van der Waals surface area (Å²) in [5.74, 6) is 1.43. The van der Waals surface area contributed by atoms with Gasteiger partial charge < -0.3 is 25.0 Å². The van der Waals surface area contributed by atoms with E-state index in [1.54, 1.807) is 12.1 Å². The number of carbonyl (C=O) groups excluding carboxylic acids is 3. The van der Waals surface area contributed by atoms with E-state index >= 15 is 0 Å². The first kappa shape index (κ1) is 22.0. The van der Waals surface area contributed by atoms with Crippen LogP contribution in [0.25, 0.3) is 0 Å². The van der Waals surface area contributed by atoms with Crippen molar-refractivity contribution in [1.82, 2.24) is 20.4 Å². The Hall–Kier alpha value is -2.81. The van der Waals surface area contributed by atoms with Crippen molar-refractivity contribution < 1.29 is 23.9 Å². The van der Waals surface area contributed by atoms with Gasteiger partial charge in [-0.05, 0) is 68.8 Å². The maximum atomic E-state index is 12.8. The number of fused-ring (bicyclic) bond motifs is 2. The largest absolute Gasteiger partial charge is 0.454 e. The van der Waals surface area contributed by atoms with Crippen LogP contribution in [0.1, 0.15) is 50.5 Å². The van der Waals surface area contributed by atoms with E-state index in [1.165, 1.54) is 43.7 Å². The Bertz CT molecular complexity index is 920. The molecule has 5 rings (SSSR count). The van der Waals surface area contributed by atoms with Crippen molar-refractivity contribution in [3.63, 3.8) is 0 Å². The number of ether oxygens (including phenoxy) is 2. The van der Waals surface area contributed by atoms with Gasteiger partial charge in [0.15, 0.2) is 11.5 Å². The van der Waals surface area contributed by atoms with Crippen molar-refractivity contribution in [1.29, 1.82) is 0 Å². The maximum absolute atomic E-state index is 12.8. The minimum absolute atomic E-state index is 0.0563. The average Bonchev–Trinajstić information content (AvgIpc) is 3.40. The highest BCUT2D eigenvalue weighted by Gasteiger charge is 2.38. The second kappa shape index (κ2) is 9.59. The lowest BCUT2D eigenvalue weighted by Crippen LogP contribution is -2.51. The van der Waals surface area contributed by atoms with Crippen molar-refractivity contribution in [3.8, 4) is 11.5 Å². The van der Waals surface area contributed by atoms with E-state index in [9.17, 15) is 14.4 Å². The Morgan fingerprint density at radius 2 is 1.94 bits per heavy atom. The molecule has 4 amide bonds. The third kappa shape index (κ3) is 4.78. The molecule has 0 saturated carbocycles. The number of amides is 4. The molecule has 0 bridgehead atoms. The predicted molar refractivity (Wildman–Crippen MR) is 120 cm³/mol. The molecule has 4 heterocycles. The summed E-state index contributed by atoms with van der Waals surface area (Å²) in [5, 5.41) is 5.80. The Morgan fingerprint density at radius 1 is 1.09 bits per heavy atom. The number of hydrogen-bond acceptors (Lipinski definition) is 6. The van der Waals surface area contributed by atoms with E-state index in [0.717, 1.165) is 12.0 Å². The van der Waals surface area contributed by atoms with Crippen LogP contribution in [0.2, 0.25) is 0 Å². The minimum atomic E-state index is -0.666. The quantitative estimate of drug-likeness (QED) is 0.609. The lowest BCUT2D eigenvalue weighted by Gasteiger charge is -2.44. The second-order valence-electron chi connectivity index (χ2n) is 9.46. The summed E-state index contributed by atoms with van der Waals surface area (Å²) < 4.78 is 10.7. The molecule has 178 valence electrons. The molecule has 1 unspecified atom stereocenters. The van der Waals surface area contributed by atoms with Gasteiger partial charge in [-0.15, -0.1) is 0 Å². The van der Waals surface area contributed by atoms with E-state index in [-0.39, 0.29) is 31.6 Å². The van der Waals surface area contributed by atoms with Crippen LogP contribution in [0.3, 0.4) is 0 Å². The van der Waals surface area contributed by atoms with Crippen LogP contribution in [0, 0.1) is 5.92 Å². The van der Waals surface area contributed by atoms with Crippen LogP contribution in [-0.4, -0.2) is 66.2 Å². The van der Waals surface area contributed by atoms with Crippen molar-refractivity contribution in [2.75, 3.05) is 26.4 Å². The molecule has 2 N–H and O–H groups in total. The van der Waals surface area contributed by atoms with Crippen molar-refractivity contribution >= 4 is 17.8 Å². The van der Waals surface area contributed by atoms with Gasteiger partial charge in [0.1, 0.15) is 6.04 Å². The van der Waals surface area contributed by atoms with E-state index in [2.05, 4.69) is 15.5 Å². The van der Waals surface area contributed by atoms with E-state index in [1.807, 2.05) is 6.07 Å². The number of carbonyl (C=O) groups is 3. The first-order valence-electron chi connectivity index (χ1n) is 12.1. The van der Waals surface area contributed by atoms with Gasteiger partial charge >= 0.3 is 6.03 Å². The fourth-order valence-corrected chi connectivity index (χ4v) is 5.57. The molecule has 33 heavy (non-hydrogen) atoms. The van der Waals surface area contributed by atoms with Gasteiger partial charge in [0.25, 0.3) is 5.91 Å². The lowest BCUT2D eigenvalue weighted by atomic mass is 9.83. The minimum Gasteiger partial charge on any atom is -0.454 e. The smallest absolute Gasteiger partial charge is 0.325 e. The second-order valence-corrected chi connectivity index (χ2v) is 9.46. The molecule has 3 saturated heterocycles. The molecule has 0 radical (unpaired) electrons. The van der Waals surface area contributed by atoms with Crippen LogP contribution in [-0.2, 0) is 16.1 Å². The van der Waals surface area contributed by atoms with Crippen molar-refractivity contribution in [2.24, 2.45) is 5.92 Å². The monoisotopic (exact) mass is 456 g/mol. The topological polar surface area (TPSA) is 100 Å². The highest BCUT2D eigenvalue weighted by molar-refractivity contribution is 6.04. The van der Waals surface area contributed by atoms with Gasteiger partial charge in [0, 0.05) is 19.0 Å². The number of rotatable bonds is 7. The summed E-state index contributed by atoms with van der Waals surface area (Å²) in [7, 11) is 0. The standard InChI is InChI=1S/C24H32N4O5/c29-22(25-13-17-4-3-11-27-10-2-1-5-19(17)27)9-7-18-23(30)28(24(31)26-18)14-16-6-8-20-21(12-16)33-15-32-20/h6,8,12,17-19H,1-5,7,9-11,13-15H2,(H,25,29)(H,26,31)/t17-,18?,19+/m0/s1. The van der Waals surface area contributed by atoms with Gasteiger partial charge in [-0.25, -0.2) is 4.79 Å². The Kier molecular flexibility index (Phi) is 6.39. The molecule has 4 aliphatic heterocycles. The lowest BCUT2D eigenvalue weighted by molar-refractivity contribution is -0.128. The third-order valence-electron chi connectivity index (χ3n) is 7.33. The van der Waals surface area contributed by atoms with Crippen LogP contribution >= 0.6 is 0 Å². The van der Waals surface area contributed by atoms with Crippen LogP contribution < -0.4 is 20.1 Å². The fraction of sp³-hybridized carbons (Fsp3) is 0.625. The summed E-state index contributed by atoms with van der Waals surface area (Å²) in [6.07, 6.45) is 6.65. The molecule has 0 aliphatic carbocycles. The number of benzene rings is 1. The summed E-state index contributed by atoms with van der Waals surface area (Å²) in [5.41, 5.74) is 0.783. The maximum Gasteiger partial charge on any atom is 0.325 e. The summed E-state index contributed by atoms with van der Waals surface area (Å²) >= 11 is 0. The first-order chi connectivity index (χ1) is 16.1. The van der Waals surface area contributed by atoms with Crippen molar-refractivity contribution in [3.05, 3.63) is 23.8 Å². The number of imide groups is 1. The molecule has 4 aliphatic rings. The van der Waals surface area contributed by atoms with E-state index < -0.39 is 12.1 Å². The molecular weight excluding hydrogens is 424 g/mol. The highest BCUT2D eigenvalue weighted by atomic mass is 16.7. The summed E-state index contributed by atoms with van der Waals surface area (Å²) in [6.45, 7) is 3.39. The number of hydrogen-bond donors (Lipinski definition) is 2.